The summed E-state index contributed by atoms with van der Waals surface area (Å²) in [6.07, 6.45) is 8.02. The molecule has 8 aliphatic rings. The van der Waals surface area contributed by atoms with Crippen LogP contribution in [0.25, 0.3) is 11.1 Å². The van der Waals surface area contributed by atoms with E-state index >= 15 is 0 Å². The van der Waals surface area contributed by atoms with Crippen molar-refractivity contribution in [2.45, 2.75) is 104 Å². The Morgan fingerprint density at radius 2 is 0.736 bits per heavy atom. The molecule has 2 bridgehead atoms. The molecule has 4 aliphatic carbocycles. The monoisotopic (exact) mass is 975 g/mol. The van der Waals surface area contributed by atoms with Crippen LogP contribution in [0.1, 0.15) is 103 Å². The molecule has 6 aromatic carbocycles. The molecule has 4 saturated heterocycles. The molecule has 6 aromatic rings. The maximum Gasteiger partial charge on any atom is 0.119 e. The lowest BCUT2D eigenvalue weighted by atomic mass is 9.59. The van der Waals surface area contributed by atoms with Gasteiger partial charge in [0.2, 0.25) is 0 Å². The lowest BCUT2D eigenvalue weighted by molar-refractivity contribution is 0.181. The summed E-state index contributed by atoms with van der Waals surface area (Å²) in [6, 6.07) is 52.7. The van der Waals surface area contributed by atoms with E-state index in [1.165, 1.54) is 76.6 Å². The fourth-order valence-corrected chi connectivity index (χ4v) is 12.7. The van der Waals surface area contributed by atoms with Gasteiger partial charge >= 0.3 is 0 Å². The van der Waals surface area contributed by atoms with Crippen LogP contribution in [0.3, 0.4) is 0 Å². The minimum Gasteiger partial charge on any atom is -0.491 e. The molecule has 8 unspecified atom stereocenters. The van der Waals surface area contributed by atoms with Gasteiger partial charge in [0.1, 0.15) is 73.8 Å². The fraction of sp³-hybridized carbons (Fsp3) is 0.438. The molecule has 0 radical (unpaired) electrons. The Hall–Kier alpha value is -5.64. The summed E-state index contributed by atoms with van der Waals surface area (Å²) in [6.45, 7) is 5.77. The first-order valence-corrected chi connectivity index (χ1v) is 24.7. The topological polar surface area (TPSA) is 87.0 Å². The molecule has 0 aromatic heterocycles. The van der Waals surface area contributed by atoms with Crippen LogP contribution in [-0.2, 0) is 29.8 Å². The zero-order valence-electron chi connectivity index (χ0n) is 37.9. The molecule has 0 amide bonds. The van der Waals surface area contributed by atoms with E-state index in [2.05, 4.69) is 146 Å². The first-order chi connectivity index (χ1) is 33.1. The second kappa shape index (κ2) is 21.8. The minimum atomic E-state index is -0.427. The maximum absolute atomic E-state index is 5.94. The van der Waals surface area contributed by atoms with Crippen molar-refractivity contribution in [3.63, 3.8) is 0 Å². The summed E-state index contributed by atoms with van der Waals surface area (Å²) in [5.41, 5.74) is 10.2. The summed E-state index contributed by atoms with van der Waals surface area (Å²) < 4.78 is 44.9. The van der Waals surface area contributed by atoms with E-state index in [4.69, 9.17) is 37.9 Å². The molecule has 8 heteroatoms. The Balaban J connectivity index is 0.000000181. The Morgan fingerprint density at radius 1 is 0.403 bits per heavy atom. The van der Waals surface area contributed by atoms with E-state index < -0.39 is 5.41 Å². The first-order valence-electron chi connectivity index (χ1n) is 24.7. The zero-order chi connectivity index (χ0) is 44.4. The predicted molar refractivity (Wildman–Crippen MR) is 289 cm³/mol. The molecule has 72 heavy (non-hydrogen) atoms. The van der Waals surface area contributed by atoms with Crippen molar-refractivity contribution in [3.05, 3.63) is 179 Å². The van der Waals surface area contributed by atoms with Gasteiger partial charge in [0.05, 0.1) is 31.8 Å². The largest absolute Gasteiger partial charge is 0.491 e. The van der Waals surface area contributed by atoms with Gasteiger partial charge in [0.25, 0.3) is 0 Å². The normalized spacial score (nSPS) is 27.1. The summed E-state index contributed by atoms with van der Waals surface area (Å²) in [7, 11) is 0. The van der Waals surface area contributed by atoms with Crippen molar-refractivity contribution in [3.8, 4) is 34.1 Å². The first kappa shape index (κ1) is 52.7. The molecule has 14 rings (SSSR count). The molecule has 7 fully saturated rings. The van der Waals surface area contributed by atoms with E-state index in [-0.39, 0.29) is 67.0 Å². The molecule has 0 spiro atoms. The van der Waals surface area contributed by atoms with Gasteiger partial charge in [-0.3, -0.25) is 0 Å². The Labute approximate surface area is 430 Å². The lowest BCUT2D eigenvalue weighted by Gasteiger charge is -2.44. The van der Waals surface area contributed by atoms with Gasteiger partial charge in [0.15, 0.2) is 0 Å². The van der Waals surface area contributed by atoms with Crippen molar-refractivity contribution in [2.75, 3.05) is 52.9 Å². The van der Waals surface area contributed by atoms with Crippen molar-refractivity contribution in [1.29, 1.82) is 0 Å². The molecule has 8 nitrogen and oxygen atoms in total. The van der Waals surface area contributed by atoms with Crippen LogP contribution in [0.15, 0.2) is 146 Å². The summed E-state index contributed by atoms with van der Waals surface area (Å²) in [4.78, 5) is 0. The number of ether oxygens (including phenoxy) is 8. The molecule has 382 valence electrons. The van der Waals surface area contributed by atoms with Crippen LogP contribution in [0.5, 0.6) is 23.0 Å². The molecule has 0 N–H and O–H groups in total. The van der Waals surface area contributed by atoms with Crippen LogP contribution >= 0.6 is 0 Å². The van der Waals surface area contributed by atoms with Gasteiger partial charge in [-0.2, -0.15) is 0 Å². The van der Waals surface area contributed by atoms with Crippen molar-refractivity contribution in [2.24, 2.45) is 23.7 Å². The number of rotatable bonds is 16. The van der Waals surface area contributed by atoms with Crippen LogP contribution in [0.4, 0.5) is 0 Å². The van der Waals surface area contributed by atoms with Gasteiger partial charge in [-0.05, 0) is 142 Å². The third-order valence-corrected chi connectivity index (χ3v) is 16.1. The smallest absolute Gasteiger partial charge is 0.119 e. The SMILES string of the molecule is C.C.C.C.C.c1cc(C2(c3ccc(OCC4CO4)cc3)CC3CC2C2CCCC32)ccc1OCC1CO1.c1ccc2c(c1)-c1ccccc1C2(c1ccc(OCC2CO2)cc1)c1ccc(OCC2CO2)cc1. The Kier molecular flexibility index (Phi) is 16.0. The Bertz CT molecular complexity index is 2520. The standard InChI is InChI=1S/C31H26O4.C28H32O4.5CH4/c1-3-7-29-27(5-1)28-6-2-4-8-30(28)31(29,21-9-13-23(14-10-21)32-17-25-19-34-25)22-11-15-24(16-12-22)33-18-26-20-35-26;1-2-25-18-12-27(26(25)3-1)28(13-18,19-4-8-21(9-5-19)29-14-23-16-31-23)20-6-10-22(11-7-20)30-15-24-17-32-24;;;;;/h1-16,25-26H,17-20H2;4-11,18,23-27H,1-3,12-17H2;5*1H4. The number of hydrogen-bond acceptors (Lipinski definition) is 8. The van der Waals surface area contributed by atoms with Gasteiger partial charge in [0, 0.05) is 5.41 Å². The number of benzene rings is 6. The fourth-order valence-electron chi connectivity index (χ4n) is 12.7. The third-order valence-electron chi connectivity index (χ3n) is 16.1. The number of hydrogen-bond donors (Lipinski definition) is 0. The van der Waals surface area contributed by atoms with Gasteiger partial charge in [-0.25, -0.2) is 0 Å². The molecule has 8 atom stereocenters. The van der Waals surface area contributed by atoms with Crippen LogP contribution in [0, 0.1) is 23.7 Å². The van der Waals surface area contributed by atoms with Crippen molar-refractivity contribution < 1.29 is 37.9 Å². The Morgan fingerprint density at radius 3 is 1.10 bits per heavy atom. The van der Waals surface area contributed by atoms with Crippen LogP contribution < -0.4 is 18.9 Å². The molecule has 4 aliphatic heterocycles. The van der Waals surface area contributed by atoms with E-state index in [1.807, 2.05) is 0 Å². The van der Waals surface area contributed by atoms with E-state index in [9.17, 15) is 0 Å². The zero-order valence-corrected chi connectivity index (χ0v) is 37.9. The highest BCUT2D eigenvalue weighted by molar-refractivity contribution is 5.86. The van der Waals surface area contributed by atoms with E-state index in [0.29, 0.717) is 26.4 Å². The highest BCUT2D eigenvalue weighted by Gasteiger charge is 2.61. The summed E-state index contributed by atoms with van der Waals surface area (Å²) in [5.74, 6) is 7.11. The van der Waals surface area contributed by atoms with Crippen molar-refractivity contribution >= 4 is 0 Å². The van der Waals surface area contributed by atoms with Gasteiger partial charge in [-0.15, -0.1) is 0 Å². The molecular formula is C64H78O8. The number of epoxide rings is 4. The van der Waals surface area contributed by atoms with E-state index in [1.54, 1.807) is 0 Å². The quantitative estimate of drug-likeness (QED) is 0.0885. The highest BCUT2D eigenvalue weighted by atomic mass is 16.6. The lowest BCUT2D eigenvalue weighted by Crippen LogP contribution is -2.40. The van der Waals surface area contributed by atoms with Crippen LogP contribution in [-0.4, -0.2) is 77.3 Å². The molecule has 3 saturated carbocycles. The van der Waals surface area contributed by atoms with Crippen LogP contribution in [0.2, 0.25) is 0 Å². The predicted octanol–water partition coefficient (Wildman–Crippen LogP) is 13.8. The summed E-state index contributed by atoms with van der Waals surface area (Å²) >= 11 is 0. The third kappa shape index (κ3) is 9.92. The minimum absolute atomic E-state index is 0. The molecular weight excluding hydrogens is 897 g/mol. The van der Waals surface area contributed by atoms with Gasteiger partial charge in [-0.1, -0.05) is 141 Å². The highest BCUT2D eigenvalue weighted by Crippen LogP contribution is 2.68. The maximum atomic E-state index is 5.94. The average molecular weight is 975 g/mol. The average Bonchev–Trinajstić information content (AvgIpc) is 4.21. The van der Waals surface area contributed by atoms with E-state index in [0.717, 1.165) is 73.1 Å². The molecule has 4 heterocycles. The summed E-state index contributed by atoms with van der Waals surface area (Å²) in [5, 5.41) is 0. The van der Waals surface area contributed by atoms with Gasteiger partial charge < -0.3 is 37.9 Å². The van der Waals surface area contributed by atoms with Crippen molar-refractivity contribution in [1.82, 2.24) is 0 Å². The number of fused-ring (bicyclic) bond motifs is 8. The second-order valence-electron chi connectivity index (χ2n) is 20.0. The second-order valence-corrected chi connectivity index (χ2v) is 20.0.